The van der Waals surface area contributed by atoms with Crippen LogP contribution in [-0.4, -0.2) is 45.4 Å². The molecule has 1 aliphatic rings. The maximum atomic E-state index is 12.8. The Morgan fingerprint density at radius 1 is 1.18 bits per heavy atom. The minimum absolute atomic E-state index is 0.0165. The standard InChI is InChI=1S/C20H27N3O3S2/c1-15-5-7-17(8-6-15)22-28(25,26)18-9-12-27-19(18)20(24)21-13-16(2)14-23-10-3-4-11-23/h5-9,12,16,22H,3-4,10-11,13-14H2,1-2H3,(H,21,24). The third-order valence-corrected chi connectivity index (χ3v) is 7.27. The van der Waals surface area contributed by atoms with Crippen molar-refractivity contribution in [3.05, 3.63) is 46.2 Å². The topological polar surface area (TPSA) is 78.5 Å². The van der Waals surface area contributed by atoms with Crippen molar-refractivity contribution in [1.82, 2.24) is 10.2 Å². The van der Waals surface area contributed by atoms with Crippen LogP contribution in [-0.2, 0) is 10.0 Å². The Hall–Kier alpha value is -1.90. The summed E-state index contributed by atoms with van der Waals surface area (Å²) in [5.41, 5.74) is 1.52. The van der Waals surface area contributed by atoms with E-state index < -0.39 is 10.0 Å². The van der Waals surface area contributed by atoms with Crippen LogP contribution < -0.4 is 10.0 Å². The summed E-state index contributed by atoms with van der Waals surface area (Å²) in [6.07, 6.45) is 2.48. The van der Waals surface area contributed by atoms with Gasteiger partial charge in [0.05, 0.1) is 0 Å². The zero-order valence-electron chi connectivity index (χ0n) is 16.3. The molecule has 1 aliphatic heterocycles. The van der Waals surface area contributed by atoms with Crippen molar-refractivity contribution in [3.63, 3.8) is 0 Å². The lowest BCUT2D eigenvalue weighted by atomic mass is 10.1. The summed E-state index contributed by atoms with van der Waals surface area (Å²) < 4.78 is 28.0. The van der Waals surface area contributed by atoms with Crippen LogP contribution in [0.25, 0.3) is 0 Å². The highest BCUT2D eigenvalue weighted by molar-refractivity contribution is 7.93. The van der Waals surface area contributed by atoms with E-state index in [1.54, 1.807) is 17.5 Å². The van der Waals surface area contributed by atoms with Gasteiger partial charge < -0.3 is 10.2 Å². The predicted molar refractivity (Wildman–Crippen MR) is 113 cm³/mol. The fraction of sp³-hybridized carbons (Fsp3) is 0.450. The lowest BCUT2D eigenvalue weighted by Gasteiger charge is -2.20. The Labute approximate surface area is 171 Å². The van der Waals surface area contributed by atoms with Crippen LogP contribution in [0.1, 0.15) is 35.0 Å². The van der Waals surface area contributed by atoms with E-state index in [1.165, 1.54) is 18.9 Å². The molecule has 152 valence electrons. The van der Waals surface area contributed by atoms with Crippen LogP contribution in [0.15, 0.2) is 40.6 Å². The number of amides is 1. The number of hydrogen-bond donors (Lipinski definition) is 2. The van der Waals surface area contributed by atoms with E-state index in [1.807, 2.05) is 19.1 Å². The monoisotopic (exact) mass is 421 g/mol. The summed E-state index contributed by atoms with van der Waals surface area (Å²) in [6.45, 7) is 7.75. The summed E-state index contributed by atoms with van der Waals surface area (Å²) in [4.78, 5) is 15.2. The lowest BCUT2D eigenvalue weighted by Crippen LogP contribution is -2.34. The number of nitrogens with zero attached hydrogens (tertiary/aromatic N) is 1. The Balaban J connectivity index is 1.62. The van der Waals surface area contributed by atoms with E-state index in [0.717, 1.165) is 36.5 Å². The molecule has 0 radical (unpaired) electrons. The second-order valence-corrected chi connectivity index (χ2v) is 9.98. The average Bonchev–Trinajstić information content (AvgIpc) is 3.33. The first-order valence-corrected chi connectivity index (χ1v) is 11.9. The van der Waals surface area contributed by atoms with Crippen LogP contribution in [0, 0.1) is 12.8 Å². The third kappa shape index (κ3) is 5.33. The van der Waals surface area contributed by atoms with Crippen molar-refractivity contribution in [3.8, 4) is 0 Å². The summed E-state index contributed by atoms with van der Waals surface area (Å²) >= 11 is 1.14. The van der Waals surface area contributed by atoms with Crippen molar-refractivity contribution in [2.45, 2.75) is 31.6 Å². The van der Waals surface area contributed by atoms with Gasteiger partial charge in [0.2, 0.25) is 0 Å². The summed E-state index contributed by atoms with van der Waals surface area (Å²) in [5, 5.41) is 4.53. The molecule has 1 amide bonds. The van der Waals surface area contributed by atoms with Gasteiger partial charge in [-0.05, 0) is 62.4 Å². The van der Waals surface area contributed by atoms with Crippen LogP contribution >= 0.6 is 11.3 Å². The first kappa shape index (κ1) is 20.8. The smallest absolute Gasteiger partial charge is 0.263 e. The second kappa shape index (κ2) is 9.07. The summed E-state index contributed by atoms with van der Waals surface area (Å²) in [6, 6.07) is 8.56. The van der Waals surface area contributed by atoms with Crippen LogP contribution in [0.3, 0.4) is 0 Å². The molecule has 3 rings (SSSR count). The zero-order valence-corrected chi connectivity index (χ0v) is 17.9. The van der Waals surface area contributed by atoms with Crippen molar-refractivity contribution >= 4 is 33.0 Å². The molecule has 1 fully saturated rings. The molecule has 6 nitrogen and oxygen atoms in total. The highest BCUT2D eigenvalue weighted by Gasteiger charge is 2.24. The molecule has 1 unspecified atom stereocenters. The van der Waals surface area contributed by atoms with E-state index in [0.29, 0.717) is 18.2 Å². The van der Waals surface area contributed by atoms with E-state index >= 15 is 0 Å². The zero-order chi connectivity index (χ0) is 20.1. The van der Waals surface area contributed by atoms with Gasteiger partial charge in [-0.3, -0.25) is 9.52 Å². The molecule has 0 spiro atoms. The van der Waals surface area contributed by atoms with Gasteiger partial charge in [-0.2, -0.15) is 0 Å². The third-order valence-electron chi connectivity index (χ3n) is 4.81. The normalized spacial score (nSPS) is 16.1. The number of carbonyl (C=O) groups excluding carboxylic acids is 1. The van der Waals surface area contributed by atoms with Gasteiger partial charge in [-0.1, -0.05) is 24.6 Å². The number of benzene rings is 1. The molecule has 2 N–H and O–H groups in total. The van der Waals surface area contributed by atoms with Gasteiger partial charge in [0.15, 0.2) is 0 Å². The minimum atomic E-state index is -3.82. The van der Waals surface area contributed by atoms with Crippen molar-refractivity contribution < 1.29 is 13.2 Å². The fourth-order valence-corrected chi connectivity index (χ4v) is 5.73. The maximum Gasteiger partial charge on any atom is 0.263 e. The number of carbonyl (C=O) groups is 1. The molecule has 2 heterocycles. The molecule has 2 aromatic rings. The molecule has 1 aromatic heterocycles. The molecule has 28 heavy (non-hydrogen) atoms. The Bertz CT molecular complexity index is 901. The van der Waals surface area contributed by atoms with Gasteiger partial charge in [-0.15, -0.1) is 11.3 Å². The van der Waals surface area contributed by atoms with Crippen molar-refractivity contribution in [1.29, 1.82) is 0 Å². The molecular formula is C20H27N3O3S2. The number of sulfonamides is 1. The predicted octanol–water partition coefficient (Wildman–Crippen LogP) is 3.32. The molecular weight excluding hydrogens is 394 g/mol. The highest BCUT2D eigenvalue weighted by Crippen LogP contribution is 2.24. The molecule has 0 bridgehead atoms. The van der Waals surface area contributed by atoms with Gasteiger partial charge in [0.25, 0.3) is 15.9 Å². The molecule has 1 atom stereocenters. The number of hydrogen-bond acceptors (Lipinski definition) is 5. The average molecular weight is 422 g/mol. The molecule has 8 heteroatoms. The molecule has 0 aliphatic carbocycles. The number of likely N-dealkylation sites (tertiary alicyclic amines) is 1. The second-order valence-electron chi connectivity index (χ2n) is 7.41. The fourth-order valence-electron chi connectivity index (χ4n) is 3.32. The number of rotatable bonds is 8. The number of anilines is 1. The first-order chi connectivity index (χ1) is 13.3. The molecule has 0 saturated carbocycles. The van der Waals surface area contributed by atoms with Gasteiger partial charge >= 0.3 is 0 Å². The Morgan fingerprint density at radius 2 is 1.86 bits per heavy atom. The summed E-state index contributed by atoms with van der Waals surface area (Å²) in [7, 11) is -3.82. The van der Waals surface area contributed by atoms with Crippen molar-refractivity contribution in [2.75, 3.05) is 30.9 Å². The van der Waals surface area contributed by atoms with Gasteiger partial charge in [-0.25, -0.2) is 8.42 Å². The number of aryl methyl sites for hydroxylation is 1. The largest absolute Gasteiger partial charge is 0.351 e. The van der Waals surface area contributed by atoms with Crippen LogP contribution in [0.2, 0.25) is 0 Å². The Kier molecular flexibility index (Phi) is 6.74. The van der Waals surface area contributed by atoms with E-state index in [-0.39, 0.29) is 15.7 Å². The van der Waals surface area contributed by atoms with E-state index in [4.69, 9.17) is 0 Å². The number of nitrogens with one attached hydrogen (secondary N) is 2. The van der Waals surface area contributed by atoms with Crippen molar-refractivity contribution in [2.24, 2.45) is 5.92 Å². The SMILES string of the molecule is Cc1ccc(NS(=O)(=O)c2ccsc2C(=O)NCC(C)CN2CCCC2)cc1. The van der Waals surface area contributed by atoms with E-state index in [9.17, 15) is 13.2 Å². The van der Waals surface area contributed by atoms with Gasteiger partial charge in [0.1, 0.15) is 9.77 Å². The Morgan fingerprint density at radius 3 is 2.54 bits per heavy atom. The maximum absolute atomic E-state index is 12.8. The van der Waals surface area contributed by atoms with Gasteiger partial charge in [0, 0.05) is 18.8 Å². The first-order valence-electron chi connectivity index (χ1n) is 9.52. The quantitative estimate of drug-likeness (QED) is 0.685. The highest BCUT2D eigenvalue weighted by atomic mass is 32.2. The summed E-state index contributed by atoms with van der Waals surface area (Å²) in [5.74, 6) is -0.0275. The van der Waals surface area contributed by atoms with Crippen LogP contribution in [0.5, 0.6) is 0 Å². The minimum Gasteiger partial charge on any atom is -0.351 e. The lowest BCUT2D eigenvalue weighted by molar-refractivity contribution is 0.0946. The van der Waals surface area contributed by atoms with E-state index in [2.05, 4.69) is 21.9 Å². The number of thiophene rings is 1. The molecule has 1 aromatic carbocycles. The molecule has 1 saturated heterocycles. The van der Waals surface area contributed by atoms with Crippen LogP contribution in [0.4, 0.5) is 5.69 Å².